The van der Waals surface area contributed by atoms with Crippen LogP contribution >= 0.6 is 11.8 Å². The van der Waals surface area contributed by atoms with Crippen LogP contribution < -0.4 is 4.74 Å². The zero-order valence-electron chi connectivity index (χ0n) is 13.3. The predicted octanol–water partition coefficient (Wildman–Crippen LogP) is 1.98. The van der Waals surface area contributed by atoms with Gasteiger partial charge in [-0.25, -0.2) is 4.98 Å². The maximum absolute atomic E-state index is 10.2. The van der Waals surface area contributed by atoms with Gasteiger partial charge in [0.2, 0.25) is 0 Å². The number of thioether (sulfide) groups is 1. The van der Waals surface area contributed by atoms with Crippen LogP contribution in [0.1, 0.15) is 19.5 Å². The second-order valence-electron chi connectivity index (χ2n) is 6.44. The van der Waals surface area contributed by atoms with Gasteiger partial charge in [0, 0.05) is 18.1 Å². The molecule has 0 radical (unpaired) electrons. The Labute approximate surface area is 138 Å². The molecule has 0 amide bonds. The van der Waals surface area contributed by atoms with Crippen LogP contribution in [0.3, 0.4) is 0 Å². The molecule has 2 aromatic rings. The number of imidazole rings is 1. The summed E-state index contributed by atoms with van der Waals surface area (Å²) in [5.41, 5.74) is 1.48. The molecule has 4 atom stereocenters. The largest absolute Gasteiger partial charge is 0.473 e. The maximum atomic E-state index is 10.2. The van der Waals surface area contributed by atoms with Crippen molar-refractivity contribution in [3.63, 3.8) is 0 Å². The van der Waals surface area contributed by atoms with Crippen molar-refractivity contribution in [2.45, 2.75) is 50.3 Å². The van der Waals surface area contributed by atoms with Crippen molar-refractivity contribution < 1.29 is 19.3 Å². The SMILES string of the molecule is Cc1cn2cccc(O[C@@H]3SC[C@@H](O)[C@@H]4OC(C)(C)O[C@H]43)c2n1. The minimum Gasteiger partial charge on any atom is -0.473 e. The number of rotatable bonds is 2. The van der Waals surface area contributed by atoms with Crippen molar-refractivity contribution in [2.75, 3.05) is 5.75 Å². The summed E-state index contributed by atoms with van der Waals surface area (Å²) in [5.74, 6) is 0.558. The van der Waals surface area contributed by atoms with E-state index in [1.54, 1.807) is 11.8 Å². The lowest BCUT2D eigenvalue weighted by atomic mass is 10.1. The second kappa shape index (κ2) is 5.37. The molecule has 1 N–H and O–H groups in total. The van der Waals surface area contributed by atoms with Crippen LogP contribution in [0.4, 0.5) is 0 Å². The highest BCUT2D eigenvalue weighted by Crippen LogP contribution is 2.41. The van der Waals surface area contributed by atoms with Crippen molar-refractivity contribution in [2.24, 2.45) is 0 Å². The Morgan fingerprint density at radius 2 is 2.17 bits per heavy atom. The van der Waals surface area contributed by atoms with Gasteiger partial charge in [0.25, 0.3) is 0 Å². The molecule has 23 heavy (non-hydrogen) atoms. The average Bonchev–Trinajstić information content (AvgIpc) is 3.01. The summed E-state index contributed by atoms with van der Waals surface area (Å²) in [6.45, 7) is 5.67. The van der Waals surface area contributed by atoms with E-state index in [1.165, 1.54) is 0 Å². The van der Waals surface area contributed by atoms with Crippen LogP contribution in [0.5, 0.6) is 5.75 Å². The molecule has 2 aliphatic rings. The molecule has 7 heteroatoms. The number of ether oxygens (including phenoxy) is 3. The van der Waals surface area contributed by atoms with E-state index in [9.17, 15) is 5.11 Å². The minimum absolute atomic E-state index is 0.242. The van der Waals surface area contributed by atoms with Crippen molar-refractivity contribution in [3.05, 3.63) is 30.2 Å². The Morgan fingerprint density at radius 3 is 3.00 bits per heavy atom. The first-order chi connectivity index (χ1) is 10.9. The van der Waals surface area contributed by atoms with Crippen LogP contribution in [0.2, 0.25) is 0 Å². The fourth-order valence-corrected chi connectivity index (χ4v) is 4.28. The molecule has 6 nitrogen and oxygen atoms in total. The molecule has 0 aromatic carbocycles. The summed E-state index contributed by atoms with van der Waals surface area (Å²) in [6.07, 6.45) is 2.69. The van der Waals surface area contributed by atoms with Crippen molar-refractivity contribution >= 4 is 17.4 Å². The van der Waals surface area contributed by atoms with Crippen LogP contribution in [0.25, 0.3) is 5.65 Å². The van der Waals surface area contributed by atoms with E-state index in [4.69, 9.17) is 14.2 Å². The van der Waals surface area contributed by atoms with E-state index in [2.05, 4.69) is 4.98 Å². The first-order valence-electron chi connectivity index (χ1n) is 7.69. The van der Waals surface area contributed by atoms with Crippen LogP contribution in [0.15, 0.2) is 24.5 Å². The van der Waals surface area contributed by atoms with E-state index in [1.807, 2.05) is 49.7 Å². The quantitative estimate of drug-likeness (QED) is 0.905. The number of fused-ring (bicyclic) bond motifs is 2. The molecule has 2 aliphatic heterocycles. The van der Waals surface area contributed by atoms with Crippen LogP contribution in [-0.2, 0) is 9.47 Å². The Balaban J connectivity index is 1.62. The zero-order chi connectivity index (χ0) is 16.2. The summed E-state index contributed by atoms with van der Waals surface area (Å²) in [7, 11) is 0. The molecule has 4 heterocycles. The lowest BCUT2D eigenvalue weighted by Crippen LogP contribution is -2.49. The van der Waals surface area contributed by atoms with Crippen LogP contribution in [-0.4, -0.2) is 49.8 Å². The molecule has 0 bridgehead atoms. The first kappa shape index (κ1) is 15.3. The summed E-state index contributed by atoms with van der Waals surface area (Å²) < 4.78 is 20.0. The fraction of sp³-hybridized carbons (Fsp3) is 0.562. The number of hydrogen-bond acceptors (Lipinski definition) is 6. The Bertz CT molecular complexity index is 732. The van der Waals surface area contributed by atoms with Gasteiger partial charge >= 0.3 is 0 Å². The smallest absolute Gasteiger partial charge is 0.179 e. The molecule has 4 rings (SSSR count). The molecule has 2 aromatic heterocycles. The lowest BCUT2D eigenvalue weighted by molar-refractivity contribution is -0.155. The Kier molecular flexibility index (Phi) is 3.57. The third kappa shape index (κ3) is 2.71. The first-order valence-corrected chi connectivity index (χ1v) is 8.74. The van der Waals surface area contributed by atoms with Gasteiger partial charge < -0.3 is 23.7 Å². The van der Waals surface area contributed by atoms with Crippen molar-refractivity contribution in [1.29, 1.82) is 0 Å². The van der Waals surface area contributed by atoms with Gasteiger partial charge in [0.1, 0.15) is 12.2 Å². The van der Waals surface area contributed by atoms with Gasteiger partial charge in [-0.1, -0.05) is 0 Å². The molecule has 0 spiro atoms. The summed E-state index contributed by atoms with van der Waals surface area (Å²) in [5, 5.41) is 10.2. The van der Waals surface area contributed by atoms with Gasteiger partial charge in [-0.15, -0.1) is 11.8 Å². The molecule has 2 saturated heterocycles. The van der Waals surface area contributed by atoms with E-state index in [-0.39, 0.29) is 17.6 Å². The topological polar surface area (TPSA) is 65.2 Å². The number of hydrogen-bond donors (Lipinski definition) is 1. The number of aromatic nitrogens is 2. The van der Waals surface area contributed by atoms with E-state index in [0.29, 0.717) is 11.5 Å². The number of aryl methyl sites for hydroxylation is 1. The lowest BCUT2D eigenvalue weighted by Gasteiger charge is -2.33. The summed E-state index contributed by atoms with van der Waals surface area (Å²) >= 11 is 1.54. The fourth-order valence-electron chi connectivity index (χ4n) is 3.14. The number of aliphatic hydroxyl groups excluding tert-OH is 1. The van der Waals surface area contributed by atoms with Gasteiger partial charge in [-0.05, 0) is 32.9 Å². The van der Waals surface area contributed by atoms with Crippen LogP contribution in [0, 0.1) is 6.92 Å². The van der Waals surface area contributed by atoms with E-state index in [0.717, 1.165) is 11.3 Å². The third-order valence-corrected chi connectivity index (χ3v) is 5.28. The minimum atomic E-state index is -0.710. The summed E-state index contributed by atoms with van der Waals surface area (Å²) in [4.78, 5) is 4.51. The standard InChI is InChI=1S/C16H20N2O4S/c1-9-7-18-6-4-5-11(14(18)17-9)20-15-13-12(10(19)8-23-15)21-16(2,3)22-13/h4-7,10,12-13,15,19H,8H2,1-3H3/t10-,12+,13-,15-/m1/s1. The predicted molar refractivity (Wildman–Crippen MR) is 86.6 cm³/mol. The van der Waals surface area contributed by atoms with Crippen molar-refractivity contribution in [3.8, 4) is 5.75 Å². The Morgan fingerprint density at radius 1 is 1.39 bits per heavy atom. The number of pyridine rings is 1. The summed E-state index contributed by atoms with van der Waals surface area (Å²) in [6, 6.07) is 3.84. The number of aliphatic hydroxyl groups is 1. The molecule has 0 unspecified atom stereocenters. The number of nitrogens with zero attached hydrogens (tertiary/aromatic N) is 2. The third-order valence-electron chi connectivity index (χ3n) is 4.05. The van der Waals surface area contributed by atoms with Gasteiger partial charge in [-0.2, -0.15) is 0 Å². The monoisotopic (exact) mass is 336 g/mol. The van der Waals surface area contributed by atoms with E-state index < -0.39 is 11.9 Å². The average molecular weight is 336 g/mol. The molecule has 2 fully saturated rings. The second-order valence-corrected chi connectivity index (χ2v) is 7.57. The van der Waals surface area contributed by atoms with Gasteiger partial charge in [-0.3, -0.25) is 0 Å². The molecular weight excluding hydrogens is 316 g/mol. The maximum Gasteiger partial charge on any atom is 0.179 e. The van der Waals surface area contributed by atoms with E-state index >= 15 is 0 Å². The highest BCUT2D eigenvalue weighted by atomic mass is 32.2. The van der Waals surface area contributed by atoms with Gasteiger partial charge in [0.15, 0.2) is 22.6 Å². The molecule has 0 aliphatic carbocycles. The highest BCUT2D eigenvalue weighted by Gasteiger charge is 2.52. The zero-order valence-corrected chi connectivity index (χ0v) is 14.1. The van der Waals surface area contributed by atoms with Gasteiger partial charge in [0.05, 0.1) is 11.8 Å². The molecule has 124 valence electrons. The Hall–Kier alpha value is -1.28. The highest BCUT2D eigenvalue weighted by molar-refractivity contribution is 7.99. The van der Waals surface area contributed by atoms with Crippen molar-refractivity contribution in [1.82, 2.24) is 9.38 Å². The molecular formula is C16H20N2O4S. The normalized spacial score (nSPS) is 32.9. The molecule has 0 saturated carbocycles.